The van der Waals surface area contributed by atoms with Crippen molar-refractivity contribution in [3.05, 3.63) is 0 Å². The van der Waals surface area contributed by atoms with Gasteiger partial charge in [0.2, 0.25) is 11.8 Å². The Bertz CT molecular complexity index is 455. The molecule has 3 aliphatic rings. The molecule has 3 N–H and O–H groups in total. The molecule has 0 aromatic heterocycles. The smallest absolute Gasteiger partial charge is 0.230 e. The van der Waals surface area contributed by atoms with E-state index in [0.717, 1.165) is 38.5 Å². The molecule has 2 bridgehead atoms. The molecule has 3 saturated carbocycles. The third-order valence-electron chi connectivity index (χ3n) is 6.30. The Morgan fingerprint density at radius 3 is 2.36 bits per heavy atom. The molecule has 3 rings (SSSR count). The van der Waals surface area contributed by atoms with Gasteiger partial charge in [-0.1, -0.05) is 12.8 Å². The lowest BCUT2D eigenvalue weighted by Gasteiger charge is -2.33. The second-order valence-electron chi connectivity index (χ2n) is 7.84. The van der Waals surface area contributed by atoms with E-state index in [9.17, 15) is 9.59 Å². The minimum absolute atomic E-state index is 0.0165. The van der Waals surface area contributed by atoms with Crippen LogP contribution in [0.15, 0.2) is 0 Å². The van der Waals surface area contributed by atoms with Crippen molar-refractivity contribution in [1.29, 1.82) is 0 Å². The summed E-state index contributed by atoms with van der Waals surface area (Å²) in [5.74, 6) is 1.19. The zero-order valence-corrected chi connectivity index (χ0v) is 13.8. The van der Waals surface area contributed by atoms with Gasteiger partial charge in [-0.05, 0) is 43.9 Å². The van der Waals surface area contributed by atoms with Crippen LogP contribution in [0.5, 0.6) is 0 Å². The van der Waals surface area contributed by atoms with Crippen molar-refractivity contribution in [2.24, 2.45) is 28.9 Å². The lowest BCUT2D eigenvalue weighted by Crippen LogP contribution is -2.50. The van der Waals surface area contributed by atoms with E-state index in [-0.39, 0.29) is 29.2 Å². The van der Waals surface area contributed by atoms with Gasteiger partial charge in [0, 0.05) is 26.7 Å². The highest BCUT2D eigenvalue weighted by molar-refractivity contribution is 5.85. The van der Waals surface area contributed by atoms with Crippen LogP contribution in [0.2, 0.25) is 0 Å². The van der Waals surface area contributed by atoms with E-state index in [2.05, 4.69) is 5.32 Å². The van der Waals surface area contributed by atoms with E-state index in [1.807, 2.05) is 0 Å². The quantitative estimate of drug-likeness (QED) is 0.817. The van der Waals surface area contributed by atoms with Crippen LogP contribution < -0.4 is 11.1 Å². The fourth-order valence-electron chi connectivity index (χ4n) is 5.09. The van der Waals surface area contributed by atoms with Gasteiger partial charge in [-0.2, -0.15) is 0 Å². The molecule has 4 unspecified atom stereocenters. The number of amides is 2. The zero-order valence-electron chi connectivity index (χ0n) is 13.8. The summed E-state index contributed by atoms with van der Waals surface area (Å²) in [7, 11) is 3.60. The Labute approximate surface area is 133 Å². The van der Waals surface area contributed by atoms with Crippen molar-refractivity contribution in [2.45, 2.75) is 51.0 Å². The van der Waals surface area contributed by atoms with E-state index < -0.39 is 0 Å². The van der Waals surface area contributed by atoms with Crippen LogP contribution in [0.25, 0.3) is 0 Å². The van der Waals surface area contributed by atoms with Gasteiger partial charge in [-0.15, -0.1) is 0 Å². The first-order valence-electron chi connectivity index (χ1n) is 8.70. The van der Waals surface area contributed by atoms with Crippen molar-refractivity contribution >= 4 is 11.8 Å². The predicted octanol–water partition coefficient (Wildman–Crippen LogP) is 1.12. The van der Waals surface area contributed by atoms with E-state index in [1.54, 1.807) is 19.0 Å². The Morgan fingerprint density at radius 1 is 1.18 bits per heavy atom. The fourth-order valence-corrected chi connectivity index (χ4v) is 5.09. The molecule has 0 spiro atoms. The zero-order chi connectivity index (χ0) is 15.9. The number of hydrogen-bond acceptors (Lipinski definition) is 3. The van der Waals surface area contributed by atoms with E-state index in [0.29, 0.717) is 18.4 Å². The van der Waals surface area contributed by atoms with Gasteiger partial charge in [0.15, 0.2) is 0 Å². The molecule has 5 heteroatoms. The van der Waals surface area contributed by atoms with Crippen LogP contribution in [-0.2, 0) is 9.59 Å². The Kier molecular flexibility index (Phi) is 4.19. The van der Waals surface area contributed by atoms with Crippen molar-refractivity contribution in [1.82, 2.24) is 10.2 Å². The molecule has 3 fully saturated rings. The van der Waals surface area contributed by atoms with Crippen LogP contribution in [0.3, 0.4) is 0 Å². The minimum atomic E-state index is -0.388. The molecule has 0 saturated heterocycles. The summed E-state index contributed by atoms with van der Waals surface area (Å²) < 4.78 is 0. The predicted molar refractivity (Wildman–Crippen MR) is 84.9 cm³/mol. The maximum Gasteiger partial charge on any atom is 0.230 e. The van der Waals surface area contributed by atoms with Crippen LogP contribution in [0.1, 0.15) is 44.9 Å². The maximum absolute atomic E-state index is 12.6. The van der Waals surface area contributed by atoms with Crippen molar-refractivity contribution in [3.63, 3.8) is 0 Å². The monoisotopic (exact) mass is 307 g/mol. The second kappa shape index (κ2) is 5.84. The normalized spacial score (nSPS) is 35.6. The second-order valence-corrected chi connectivity index (χ2v) is 7.84. The third-order valence-corrected chi connectivity index (χ3v) is 6.30. The SMILES string of the molecule is CN(C)C(=O)C1(CNC(=O)C2C3CCC(C3)C2N)CCCC1. The van der Waals surface area contributed by atoms with Crippen molar-refractivity contribution < 1.29 is 9.59 Å². The summed E-state index contributed by atoms with van der Waals surface area (Å²) in [6, 6.07) is 0.0165. The number of fused-ring (bicyclic) bond motifs is 2. The number of hydrogen-bond donors (Lipinski definition) is 2. The average molecular weight is 307 g/mol. The highest BCUT2D eigenvalue weighted by Gasteiger charge is 2.50. The number of carbonyl (C=O) groups is 2. The number of carbonyl (C=O) groups excluding carboxylic acids is 2. The molecule has 3 aliphatic carbocycles. The van der Waals surface area contributed by atoms with E-state index in [1.165, 1.54) is 6.42 Å². The Balaban J connectivity index is 1.63. The Morgan fingerprint density at radius 2 is 1.82 bits per heavy atom. The summed E-state index contributed by atoms with van der Waals surface area (Å²) in [5, 5.41) is 3.09. The lowest BCUT2D eigenvalue weighted by atomic mass is 9.82. The van der Waals surface area contributed by atoms with Gasteiger partial charge in [-0.25, -0.2) is 0 Å². The fraction of sp³-hybridized carbons (Fsp3) is 0.882. The molecule has 5 nitrogen and oxygen atoms in total. The summed E-state index contributed by atoms with van der Waals surface area (Å²) in [4.78, 5) is 26.8. The van der Waals surface area contributed by atoms with Crippen LogP contribution >= 0.6 is 0 Å². The number of rotatable bonds is 4. The number of nitrogens with two attached hydrogens (primary N) is 1. The Hall–Kier alpha value is -1.10. The molecule has 0 radical (unpaired) electrons. The maximum atomic E-state index is 12.6. The van der Waals surface area contributed by atoms with Crippen LogP contribution in [0.4, 0.5) is 0 Å². The summed E-state index contributed by atoms with van der Waals surface area (Å²) in [5.41, 5.74) is 5.87. The van der Waals surface area contributed by atoms with Gasteiger partial charge in [0.25, 0.3) is 0 Å². The van der Waals surface area contributed by atoms with Crippen molar-refractivity contribution in [3.8, 4) is 0 Å². The molecular formula is C17H29N3O2. The number of nitrogens with one attached hydrogen (secondary N) is 1. The molecule has 0 aliphatic heterocycles. The molecule has 124 valence electrons. The third kappa shape index (κ3) is 2.53. The highest BCUT2D eigenvalue weighted by Crippen LogP contribution is 2.48. The lowest BCUT2D eigenvalue weighted by molar-refractivity contribution is -0.139. The minimum Gasteiger partial charge on any atom is -0.355 e. The standard InChI is InChI=1S/C17H29N3O2/c1-20(2)16(22)17(7-3-4-8-17)10-19-15(21)13-11-5-6-12(9-11)14(13)18/h11-14H,3-10,18H2,1-2H3,(H,19,21). The van der Waals surface area contributed by atoms with Gasteiger partial charge in [0.05, 0.1) is 11.3 Å². The first-order chi connectivity index (χ1) is 10.4. The summed E-state index contributed by atoms with van der Waals surface area (Å²) in [6.07, 6.45) is 7.34. The van der Waals surface area contributed by atoms with Gasteiger partial charge in [0.1, 0.15) is 0 Å². The molecule has 0 aromatic rings. The largest absolute Gasteiger partial charge is 0.355 e. The molecule has 0 heterocycles. The van der Waals surface area contributed by atoms with Crippen molar-refractivity contribution in [2.75, 3.05) is 20.6 Å². The van der Waals surface area contributed by atoms with Crippen LogP contribution in [-0.4, -0.2) is 43.4 Å². The first-order valence-corrected chi connectivity index (χ1v) is 8.70. The highest BCUT2D eigenvalue weighted by atomic mass is 16.2. The molecule has 0 aromatic carbocycles. The molecule has 22 heavy (non-hydrogen) atoms. The van der Waals surface area contributed by atoms with Gasteiger partial charge in [-0.3, -0.25) is 9.59 Å². The van der Waals surface area contributed by atoms with Gasteiger partial charge < -0.3 is 16.0 Å². The summed E-state index contributed by atoms with van der Waals surface area (Å²) in [6.45, 7) is 0.476. The van der Waals surface area contributed by atoms with Crippen LogP contribution in [0, 0.1) is 23.2 Å². The summed E-state index contributed by atoms with van der Waals surface area (Å²) >= 11 is 0. The van der Waals surface area contributed by atoms with Gasteiger partial charge >= 0.3 is 0 Å². The number of nitrogens with zero attached hydrogens (tertiary/aromatic N) is 1. The molecule has 2 amide bonds. The van der Waals surface area contributed by atoms with E-state index in [4.69, 9.17) is 5.73 Å². The molecule has 4 atom stereocenters. The average Bonchev–Trinajstić information content (AvgIpc) is 3.20. The topological polar surface area (TPSA) is 75.4 Å². The molecular weight excluding hydrogens is 278 g/mol. The van der Waals surface area contributed by atoms with E-state index >= 15 is 0 Å². The first kappa shape index (κ1) is 15.8.